The molecule has 4 rings (SSSR count). The fourth-order valence-electron chi connectivity index (χ4n) is 3.97. The largest absolute Gasteiger partial charge is 0.365 e. The van der Waals surface area contributed by atoms with Gasteiger partial charge in [0.2, 0.25) is 0 Å². The number of hydrogen-bond acceptors (Lipinski definition) is 6. The third-order valence-electron chi connectivity index (χ3n) is 6.05. The summed E-state index contributed by atoms with van der Waals surface area (Å²) >= 11 is 1.02. The van der Waals surface area contributed by atoms with Crippen LogP contribution < -0.4 is 4.90 Å². The van der Waals surface area contributed by atoms with Crippen molar-refractivity contribution < 1.29 is 0 Å². The van der Waals surface area contributed by atoms with Gasteiger partial charge in [-0.2, -0.15) is 0 Å². The van der Waals surface area contributed by atoms with Crippen molar-refractivity contribution in [1.29, 1.82) is 10.8 Å². The van der Waals surface area contributed by atoms with Gasteiger partial charge in [0, 0.05) is 23.8 Å². The molecule has 5 nitrogen and oxygen atoms in total. The van der Waals surface area contributed by atoms with Gasteiger partial charge < -0.3 is 10.3 Å². The lowest BCUT2D eigenvalue weighted by atomic mass is 9.78. The van der Waals surface area contributed by atoms with Crippen LogP contribution in [0.3, 0.4) is 0 Å². The number of thioether (sulfide) groups is 1. The Labute approximate surface area is 188 Å². The summed E-state index contributed by atoms with van der Waals surface area (Å²) in [7, 11) is 0. The lowest BCUT2D eigenvalue weighted by Crippen LogP contribution is -2.32. The Kier molecular flexibility index (Phi) is 5.92. The number of nitrogens with one attached hydrogen (secondary N) is 2. The topological polar surface area (TPSA) is 76.7 Å². The monoisotopic (exact) mass is 429 g/mol. The number of anilines is 1. The molecule has 1 aliphatic heterocycles. The Morgan fingerprint density at radius 1 is 1.06 bits per heavy atom. The first-order valence-electron chi connectivity index (χ1n) is 10.4. The van der Waals surface area contributed by atoms with Gasteiger partial charge in [0.05, 0.1) is 17.8 Å². The molecule has 0 saturated carbocycles. The van der Waals surface area contributed by atoms with Crippen molar-refractivity contribution in [3.8, 4) is 0 Å². The Morgan fingerprint density at radius 2 is 1.71 bits per heavy atom. The van der Waals surface area contributed by atoms with E-state index in [9.17, 15) is 0 Å². The molecule has 2 aromatic carbocycles. The molecule has 0 atom stereocenters. The highest BCUT2D eigenvalue weighted by atomic mass is 32.2. The first-order valence-corrected chi connectivity index (χ1v) is 11.3. The minimum atomic E-state index is -0.0598. The highest BCUT2D eigenvalue weighted by molar-refractivity contribution is 8.25. The average Bonchev–Trinajstić information content (AvgIpc) is 2.79. The summed E-state index contributed by atoms with van der Waals surface area (Å²) in [5, 5.41) is 15.4. The van der Waals surface area contributed by atoms with Gasteiger partial charge in [0.1, 0.15) is 5.04 Å². The van der Waals surface area contributed by atoms with Gasteiger partial charge in [-0.3, -0.25) is 5.41 Å². The molecule has 0 radical (unpaired) electrons. The number of nitrogens with zero attached hydrogens (tertiary/aromatic N) is 3. The first-order chi connectivity index (χ1) is 14.9. The summed E-state index contributed by atoms with van der Waals surface area (Å²) < 4.78 is 0. The molecular weight excluding hydrogens is 402 g/mol. The van der Waals surface area contributed by atoms with Crippen LogP contribution in [-0.2, 0) is 18.4 Å². The maximum Gasteiger partial charge on any atom is 0.184 e. The molecular formula is C25H27N5S. The van der Waals surface area contributed by atoms with Crippen molar-refractivity contribution >= 4 is 28.0 Å². The fraction of sp³-hybridized carbons (Fsp3) is 0.280. The quantitative estimate of drug-likeness (QED) is 0.424. The average molecular weight is 430 g/mol. The molecule has 0 aliphatic carbocycles. The smallest absolute Gasteiger partial charge is 0.184 e. The summed E-state index contributed by atoms with van der Waals surface area (Å²) in [4.78, 5) is 11.2. The van der Waals surface area contributed by atoms with E-state index in [1.807, 2.05) is 6.20 Å². The molecule has 158 valence electrons. The molecule has 0 amide bonds. The Hall–Kier alpha value is -2.99. The standard InChI is InChI=1S/C25H27N5S/c1-17-4-6-19(7-5-17)25(2,3)20-8-10-21(11-9-20)30-13-12-18-14-28-24(23(27)31-16-26)29-22(18)15-30/h4-11,14,16,26-27H,12-13,15H2,1-3H3. The van der Waals surface area contributed by atoms with Gasteiger partial charge in [0.25, 0.3) is 0 Å². The second-order valence-electron chi connectivity index (χ2n) is 8.44. The van der Waals surface area contributed by atoms with E-state index >= 15 is 0 Å². The normalized spacial score (nSPS) is 13.6. The van der Waals surface area contributed by atoms with E-state index in [0.717, 1.165) is 41.5 Å². The van der Waals surface area contributed by atoms with Gasteiger partial charge in [0.15, 0.2) is 5.82 Å². The van der Waals surface area contributed by atoms with Gasteiger partial charge in [-0.1, -0.05) is 67.6 Å². The van der Waals surface area contributed by atoms with Crippen LogP contribution in [0.4, 0.5) is 5.69 Å². The van der Waals surface area contributed by atoms with Gasteiger partial charge in [-0.05, 0) is 42.2 Å². The molecule has 2 N–H and O–H groups in total. The van der Waals surface area contributed by atoms with Crippen LogP contribution in [0, 0.1) is 17.7 Å². The second kappa shape index (κ2) is 8.63. The second-order valence-corrected chi connectivity index (χ2v) is 9.32. The van der Waals surface area contributed by atoms with E-state index < -0.39 is 0 Å². The summed E-state index contributed by atoms with van der Waals surface area (Å²) in [5.41, 5.74) is 8.25. The maximum atomic E-state index is 8.00. The number of aromatic nitrogens is 2. The van der Waals surface area contributed by atoms with Crippen LogP contribution in [0.2, 0.25) is 0 Å². The molecule has 6 heteroatoms. The zero-order valence-corrected chi connectivity index (χ0v) is 19.0. The zero-order valence-electron chi connectivity index (χ0n) is 18.1. The molecule has 0 fully saturated rings. The highest BCUT2D eigenvalue weighted by Crippen LogP contribution is 2.33. The van der Waals surface area contributed by atoms with E-state index in [2.05, 4.69) is 84.2 Å². The first kappa shape index (κ1) is 21.2. The van der Waals surface area contributed by atoms with E-state index in [4.69, 9.17) is 10.8 Å². The Balaban J connectivity index is 1.54. The van der Waals surface area contributed by atoms with Crippen molar-refractivity contribution in [3.05, 3.63) is 88.5 Å². The van der Waals surface area contributed by atoms with Crippen molar-refractivity contribution in [2.75, 3.05) is 11.4 Å². The highest BCUT2D eigenvalue weighted by Gasteiger charge is 2.24. The molecule has 31 heavy (non-hydrogen) atoms. The molecule has 3 aromatic rings. The van der Waals surface area contributed by atoms with E-state index in [1.165, 1.54) is 22.4 Å². The minimum Gasteiger partial charge on any atom is -0.365 e. The van der Waals surface area contributed by atoms with E-state index in [1.54, 1.807) is 0 Å². The van der Waals surface area contributed by atoms with Crippen LogP contribution in [0.15, 0.2) is 54.7 Å². The summed E-state index contributed by atoms with van der Waals surface area (Å²) in [5.74, 6) is 0.393. The summed E-state index contributed by atoms with van der Waals surface area (Å²) in [6.45, 7) is 8.27. The maximum absolute atomic E-state index is 8.00. The number of benzene rings is 2. The number of hydrogen-bond donors (Lipinski definition) is 2. The third kappa shape index (κ3) is 4.39. The van der Waals surface area contributed by atoms with Crippen molar-refractivity contribution in [3.63, 3.8) is 0 Å². The molecule has 2 heterocycles. The summed E-state index contributed by atoms with van der Waals surface area (Å²) in [6.07, 6.45) is 2.72. The van der Waals surface area contributed by atoms with Crippen LogP contribution in [-0.4, -0.2) is 27.1 Å². The fourth-order valence-corrected chi connectivity index (χ4v) is 4.29. The van der Waals surface area contributed by atoms with Crippen LogP contribution in [0.1, 0.15) is 47.6 Å². The predicted octanol–water partition coefficient (Wildman–Crippen LogP) is 5.34. The SMILES string of the molecule is Cc1ccc(C(C)(C)c2ccc(N3CCc4cnc(C(=N)SC=N)nc4C3)cc2)cc1. The lowest BCUT2D eigenvalue weighted by molar-refractivity contribution is 0.640. The molecule has 0 saturated heterocycles. The molecule has 0 bridgehead atoms. The van der Waals surface area contributed by atoms with Crippen molar-refractivity contribution in [2.45, 2.75) is 39.2 Å². The van der Waals surface area contributed by atoms with Gasteiger partial charge >= 0.3 is 0 Å². The van der Waals surface area contributed by atoms with Crippen LogP contribution in [0.5, 0.6) is 0 Å². The number of fused-ring (bicyclic) bond motifs is 1. The third-order valence-corrected chi connectivity index (χ3v) is 6.59. The molecule has 0 spiro atoms. The zero-order chi connectivity index (χ0) is 22.0. The van der Waals surface area contributed by atoms with Crippen molar-refractivity contribution in [2.24, 2.45) is 0 Å². The minimum absolute atomic E-state index is 0.0598. The summed E-state index contributed by atoms with van der Waals surface area (Å²) in [6, 6.07) is 17.6. The van der Waals surface area contributed by atoms with Crippen molar-refractivity contribution in [1.82, 2.24) is 9.97 Å². The number of rotatable bonds is 5. The number of aryl methyl sites for hydroxylation is 1. The Bertz CT molecular complexity index is 1100. The molecule has 0 unspecified atom stereocenters. The van der Waals surface area contributed by atoms with E-state index in [-0.39, 0.29) is 10.5 Å². The molecule has 1 aliphatic rings. The van der Waals surface area contributed by atoms with Crippen LogP contribution >= 0.6 is 11.8 Å². The van der Waals surface area contributed by atoms with Crippen LogP contribution in [0.25, 0.3) is 0 Å². The Morgan fingerprint density at radius 3 is 2.35 bits per heavy atom. The lowest BCUT2D eigenvalue weighted by Gasteiger charge is -2.31. The van der Waals surface area contributed by atoms with E-state index in [0.29, 0.717) is 12.4 Å². The van der Waals surface area contributed by atoms with Gasteiger partial charge in [-0.15, -0.1) is 0 Å². The molecule has 1 aromatic heterocycles. The van der Waals surface area contributed by atoms with Gasteiger partial charge in [-0.25, -0.2) is 9.97 Å². The predicted molar refractivity (Wildman–Crippen MR) is 130 cm³/mol.